The van der Waals surface area contributed by atoms with Gasteiger partial charge in [0.2, 0.25) is 11.8 Å². The molecular weight excluding hydrogens is 382 g/mol. The number of rotatable bonds is 2. The van der Waals surface area contributed by atoms with Gasteiger partial charge in [0.1, 0.15) is 0 Å². The molecule has 2 aromatic heterocycles. The summed E-state index contributed by atoms with van der Waals surface area (Å²) in [6, 6.07) is 1.91. The molecule has 2 aromatic rings. The van der Waals surface area contributed by atoms with Crippen molar-refractivity contribution in [1.82, 2.24) is 24.4 Å². The van der Waals surface area contributed by atoms with E-state index < -0.39 is 0 Å². The molecule has 160 valence electrons. The minimum Gasteiger partial charge on any atom is -0.338 e. The van der Waals surface area contributed by atoms with Gasteiger partial charge in [0.25, 0.3) is 5.56 Å². The Morgan fingerprint density at radius 3 is 2.63 bits per heavy atom. The molecule has 8 heteroatoms. The number of hydrogen-bond acceptors (Lipinski definition) is 4. The maximum Gasteiger partial charge on any atom is 0.277 e. The molecule has 0 aromatic carbocycles. The van der Waals surface area contributed by atoms with Crippen LogP contribution in [0.4, 0.5) is 0 Å². The largest absolute Gasteiger partial charge is 0.338 e. The first-order valence-electron chi connectivity index (χ1n) is 11.2. The molecule has 0 spiro atoms. The van der Waals surface area contributed by atoms with E-state index in [-0.39, 0.29) is 29.3 Å². The van der Waals surface area contributed by atoms with Gasteiger partial charge in [-0.05, 0) is 32.1 Å². The first kappa shape index (κ1) is 19.3. The highest BCUT2D eigenvalue weighted by atomic mass is 16.2. The molecule has 1 saturated carbocycles. The maximum atomic E-state index is 13.2. The van der Waals surface area contributed by atoms with Crippen LogP contribution in [0.15, 0.2) is 10.9 Å². The summed E-state index contributed by atoms with van der Waals surface area (Å²) in [5, 5.41) is 3.25. The molecule has 30 heavy (non-hydrogen) atoms. The van der Waals surface area contributed by atoms with E-state index in [0.717, 1.165) is 62.9 Å². The minimum atomic E-state index is -0.142. The number of hydrogen-bond donors (Lipinski definition) is 1. The van der Waals surface area contributed by atoms with Crippen LogP contribution in [0.3, 0.4) is 0 Å². The lowest BCUT2D eigenvalue weighted by molar-refractivity contribution is -0.139. The summed E-state index contributed by atoms with van der Waals surface area (Å²) in [7, 11) is 0. The van der Waals surface area contributed by atoms with E-state index in [4.69, 9.17) is 4.98 Å². The molecule has 0 unspecified atom stereocenters. The van der Waals surface area contributed by atoms with Gasteiger partial charge in [-0.25, -0.2) is 9.50 Å². The molecule has 2 amide bonds. The number of aromatic nitrogens is 3. The predicted octanol–water partition coefficient (Wildman–Crippen LogP) is 2.17. The zero-order chi connectivity index (χ0) is 20.8. The van der Waals surface area contributed by atoms with Crippen LogP contribution >= 0.6 is 0 Å². The highest BCUT2D eigenvalue weighted by Crippen LogP contribution is 2.35. The first-order chi connectivity index (χ1) is 14.5. The molecule has 1 aliphatic carbocycles. The quantitative estimate of drug-likeness (QED) is 0.820. The number of carbonyl (C=O) groups is 2. The van der Waals surface area contributed by atoms with E-state index in [2.05, 4.69) is 5.10 Å². The SMILES string of the molecule is CC(=O)N1CCc2nc3cc([C@H]4CCCCN4C(=O)C4CCCC4)[nH]n3c(=O)c2C1. The number of likely N-dealkylation sites (tertiary alicyclic amines) is 1. The van der Waals surface area contributed by atoms with Gasteiger partial charge in [-0.3, -0.25) is 19.5 Å². The number of H-pyrrole nitrogens is 1. The summed E-state index contributed by atoms with van der Waals surface area (Å²) in [5.74, 6) is 0.397. The van der Waals surface area contributed by atoms with Crippen LogP contribution in [0.25, 0.3) is 5.65 Å². The Balaban J connectivity index is 1.50. The topological polar surface area (TPSA) is 90.8 Å². The second kappa shape index (κ2) is 7.56. The molecule has 2 fully saturated rings. The Bertz CT molecular complexity index is 1050. The van der Waals surface area contributed by atoms with Gasteiger partial charge < -0.3 is 9.80 Å². The Morgan fingerprint density at radius 2 is 1.87 bits per heavy atom. The monoisotopic (exact) mass is 411 g/mol. The fourth-order valence-corrected chi connectivity index (χ4v) is 5.37. The molecule has 4 heterocycles. The molecule has 0 radical (unpaired) electrons. The van der Waals surface area contributed by atoms with Crippen molar-refractivity contribution in [3.63, 3.8) is 0 Å². The van der Waals surface area contributed by atoms with E-state index in [9.17, 15) is 14.4 Å². The van der Waals surface area contributed by atoms with Crippen LogP contribution in [0.2, 0.25) is 0 Å². The lowest BCUT2D eigenvalue weighted by Gasteiger charge is -2.36. The van der Waals surface area contributed by atoms with Crippen LogP contribution in [0, 0.1) is 5.92 Å². The number of carbonyl (C=O) groups excluding carboxylic acids is 2. The third-order valence-electron chi connectivity index (χ3n) is 7.08. The zero-order valence-electron chi connectivity index (χ0n) is 17.5. The van der Waals surface area contributed by atoms with Crippen molar-refractivity contribution in [3.8, 4) is 0 Å². The molecule has 0 bridgehead atoms. The van der Waals surface area contributed by atoms with Crippen molar-refractivity contribution in [3.05, 3.63) is 33.4 Å². The molecule has 1 N–H and O–H groups in total. The summed E-state index contributed by atoms with van der Waals surface area (Å²) >= 11 is 0. The van der Waals surface area contributed by atoms with Crippen molar-refractivity contribution in [1.29, 1.82) is 0 Å². The number of amides is 2. The van der Waals surface area contributed by atoms with Gasteiger partial charge in [0, 0.05) is 38.4 Å². The van der Waals surface area contributed by atoms with E-state index >= 15 is 0 Å². The average Bonchev–Trinajstić information content (AvgIpc) is 3.43. The van der Waals surface area contributed by atoms with Crippen molar-refractivity contribution >= 4 is 17.5 Å². The Morgan fingerprint density at radius 1 is 1.10 bits per heavy atom. The zero-order valence-corrected chi connectivity index (χ0v) is 17.5. The summed E-state index contributed by atoms with van der Waals surface area (Å²) in [4.78, 5) is 46.5. The minimum absolute atomic E-state index is 0.0272. The number of nitrogens with one attached hydrogen (secondary N) is 1. The van der Waals surface area contributed by atoms with Crippen LogP contribution in [0.5, 0.6) is 0 Å². The van der Waals surface area contributed by atoms with Crippen molar-refractivity contribution < 1.29 is 9.59 Å². The molecule has 3 aliphatic rings. The van der Waals surface area contributed by atoms with Crippen LogP contribution in [0.1, 0.15) is 74.9 Å². The lowest BCUT2D eigenvalue weighted by atomic mass is 9.96. The molecule has 2 aliphatic heterocycles. The predicted molar refractivity (Wildman–Crippen MR) is 111 cm³/mol. The Labute approximate surface area is 175 Å². The van der Waals surface area contributed by atoms with Gasteiger partial charge in [0.15, 0.2) is 5.65 Å². The van der Waals surface area contributed by atoms with Crippen LogP contribution in [-0.4, -0.2) is 49.3 Å². The fraction of sp³-hybridized carbons (Fsp3) is 0.636. The van der Waals surface area contributed by atoms with Gasteiger partial charge >= 0.3 is 0 Å². The average molecular weight is 412 g/mol. The van der Waals surface area contributed by atoms with E-state index in [1.807, 2.05) is 11.0 Å². The van der Waals surface area contributed by atoms with Crippen molar-refractivity contribution in [2.45, 2.75) is 70.9 Å². The van der Waals surface area contributed by atoms with E-state index in [1.165, 1.54) is 11.4 Å². The van der Waals surface area contributed by atoms with Gasteiger partial charge in [-0.15, -0.1) is 0 Å². The number of nitrogens with zero attached hydrogens (tertiary/aromatic N) is 4. The third kappa shape index (κ3) is 3.22. The summed E-state index contributed by atoms with van der Waals surface area (Å²) in [6.07, 6.45) is 7.87. The normalized spacial score (nSPS) is 22.5. The Hall–Kier alpha value is -2.64. The summed E-state index contributed by atoms with van der Waals surface area (Å²) < 4.78 is 1.49. The van der Waals surface area contributed by atoms with Gasteiger partial charge in [-0.1, -0.05) is 12.8 Å². The van der Waals surface area contributed by atoms with Crippen molar-refractivity contribution in [2.75, 3.05) is 13.1 Å². The summed E-state index contributed by atoms with van der Waals surface area (Å²) in [5.41, 5.74) is 2.72. The molecule has 8 nitrogen and oxygen atoms in total. The standard InChI is InChI=1S/C22H29N5O3/c1-14(28)25-11-9-17-16(13-25)22(30)27-20(23-17)12-18(24-27)19-8-4-5-10-26(19)21(29)15-6-2-3-7-15/h12,15,19,24H,2-11,13H2,1H3/t19-/m1/s1. The lowest BCUT2D eigenvalue weighted by Crippen LogP contribution is -2.41. The summed E-state index contributed by atoms with van der Waals surface area (Å²) in [6.45, 7) is 3.21. The number of aromatic amines is 1. The molecule has 1 atom stereocenters. The maximum absolute atomic E-state index is 13.2. The highest BCUT2D eigenvalue weighted by Gasteiger charge is 2.35. The highest BCUT2D eigenvalue weighted by molar-refractivity contribution is 5.79. The third-order valence-corrected chi connectivity index (χ3v) is 7.08. The molecular formula is C22H29N5O3. The molecule has 5 rings (SSSR count). The van der Waals surface area contributed by atoms with Gasteiger partial charge in [0.05, 0.1) is 29.5 Å². The second-order valence-electron chi connectivity index (χ2n) is 8.96. The molecule has 1 saturated heterocycles. The van der Waals surface area contributed by atoms with E-state index in [1.54, 1.807) is 4.90 Å². The van der Waals surface area contributed by atoms with Gasteiger partial charge in [-0.2, -0.15) is 0 Å². The number of fused-ring (bicyclic) bond motifs is 2. The van der Waals surface area contributed by atoms with Crippen LogP contribution < -0.4 is 5.56 Å². The first-order valence-corrected chi connectivity index (χ1v) is 11.2. The fourth-order valence-electron chi connectivity index (χ4n) is 5.37. The smallest absolute Gasteiger partial charge is 0.277 e. The van der Waals surface area contributed by atoms with Crippen LogP contribution in [-0.2, 0) is 22.6 Å². The Kier molecular flexibility index (Phi) is 4.87. The second-order valence-corrected chi connectivity index (χ2v) is 8.96. The van der Waals surface area contributed by atoms with Crippen molar-refractivity contribution in [2.24, 2.45) is 5.92 Å². The van der Waals surface area contributed by atoms with E-state index in [0.29, 0.717) is 30.7 Å². The number of piperidine rings is 1.